The number of hydrogen-bond acceptors (Lipinski definition) is 3. The maximum atomic E-state index is 5.90. The minimum absolute atomic E-state index is 0.455. The molecule has 0 saturated carbocycles. The van der Waals surface area contributed by atoms with E-state index in [9.17, 15) is 0 Å². The van der Waals surface area contributed by atoms with Gasteiger partial charge in [0.05, 0.1) is 12.8 Å². The van der Waals surface area contributed by atoms with E-state index >= 15 is 0 Å². The van der Waals surface area contributed by atoms with Gasteiger partial charge in [0.25, 0.3) is 0 Å². The molecule has 0 radical (unpaired) electrons. The first-order valence-corrected chi connectivity index (χ1v) is 6.29. The zero-order valence-corrected chi connectivity index (χ0v) is 11.7. The molecule has 0 aromatic heterocycles. The van der Waals surface area contributed by atoms with Crippen molar-refractivity contribution >= 4 is 17.3 Å². The molecule has 0 fully saturated rings. The Bertz CT molecular complexity index is 584. The summed E-state index contributed by atoms with van der Waals surface area (Å²) in [5.74, 6) is 1.49. The van der Waals surface area contributed by atoms with Crippen LogP contribution in [0.3, 0.4) is 0 Å². The normalized spacial score (nSPS) is 10.3. The van der Waals surface area contributed by atoms with E-state index in [-0.39, 0.29) is 0 Å². The Kier molecular flexibility index (Phi) is 4.17. The number of hydrogen-bond donors (Lipinski definition) is 1. The third kappa shape index (κ3) is 3.32. The molecular weight excluding hydrogens is 262 g/mol. The van der Waals surface area contributed by atoms with E-state index in [2.05, 4.69) is 0 Å². The van der Waals surface area contributed by atoms with Crippen LogP contribution in [0.15, 0.2) is 36.4 Å². The van der Waals surface area contributed by atoms with E-state index in [4.69, 9.17) is 26.8 Å². The molecule has 0 amide bonds. The summed E-state index contributed by atoms with van der Waals surface area (Å²) < 4.78 is 10.9. The zero-order valence-electron chi connectivity index (χ0n) is 10.9. The van der Waals surface area contributed by atoms with Crippen molar-refractivity contribution in [3.63, 3.8) is 0 Å². The fraction of sp³-hybridized carbons (Fsp3) is 0.200. The first-order valence-electron chi connectivity index (χ1n) is 5.91. The van der Waals surface area contributed by atoms with Crippen LogP contribution in [0.25, 0.3) is 0 Å². The van der Waals surface area contributed by atoms with Crippen LogP contribution in [-0.2, 0) is 6.61 Å². The lowest BCUT2D eigenvalue weighted by Crippen LogP contribution is -1.99. The van der Waals surface area contributed by atoms with Gasteiger partial charge in [0.2, 0.25) is 0 Å². The molecule has 2 aromatic rings. The lowest BCUT2D eigenvalue weighted by Gasteiger charge is -2.11. The van der Waals surface area contributed by atoms with Gasteiger partial charge < -0.3 is 15.2 Å². The van der Waals surface area contributed by atoms with Crippen molar-refractivity contribution in [2.75, 3.05) is 12.8 Å². The third-order valence-electron chi connectivity index (χ3n) is 2.83. The largest absolute Gasteiger partial charge is 0.495 e. The Labute approximate surface area is 117 Å². The fourth-order valence-electron chi connectivity index (χ4n) is 1.81. The van der Waals surface area contributed by atoms with Crippen LogP contribution in [0.5, 0.6) is 11.5 Å². The summed E-state index contributed by atoms with van der Waals surface area (Å²) in [5, 5.41) is 0.707. The average Bonchev–Trinajstić information content (AvgIpc) is 2.38. The van der Waals surface area contributed by atoms with Crippen LogP contribution >= 0.6 is 11.6 Å². The summed E-state index contributed by atoms with van der Waals surface area (Å²) >= 11 is 5.90. The number of nitrogen functional groups attached to an aromatic ring is 1. The predicted molar refractivity (Wildman–Crippen MR) is 77.9 cm³/mol. The summed E-state index contributed by atoms with van der Waals surface area (Å²) in [5.41, 5.74) is 8.46. The quantitative estimate of drug-likeness (QED) is 0.864. The zero-order chi connectivity index (χ0) is 13.8. The van der Waals surface area contributed by atoms with Crippen molar-refractivity contribution in [2.24, 2.45) is 0 Å². The molecule has 19 heavy (non-hydrogen) atoms. The summed E-state index contributed by atoms with van der Waals surface area (Å²) in [6.07, 6.45) is 0. The first kappa shape index (κ1) is 13.6. The number of aryl methyl sites for hydroxylation is 1. The minimum Gasteiger partial charge on any atom is -0.495 e. The van der Waals surface area contributed by atoms with Crippen molar-refractivity contribution in [1.29, 1.82) is 0 Å². The van der Waals surface area contributed by atoms with Gasteiger partial charge in [-0.1, -0.05) is 17.7 Å². The van der Waals surface area contributed by atoms with Gasteiger partial charge in [-0.15, -0.1) is 0 Å². The standard InChI is InChI=1S/C15H16ClNO2/c1-10-7-12(16)4-6-14(10)19-9-11-3-5-15(18-2)13(17)8-11/h3-8H,9,17H2,1-2H3. The van der Waals surface area contributed by atoms with Crippen molar-refractivity contribution in [2.45, 2.75) is 13.5 Å². The molecule has 0 saturated heterocycles. The Morgan fingerprint density at radius 1 is 1.11 bits per heavy atom. The minimum atomic E-state index is 0.455. The number of anilines is 1. The summed E-state index contributed by atoms with van der Waals surface area (Å²) in [4.78, 5) is 0. The Hall–Kier alpha value is -1.87. The molecule has 100 valence electrons. The maximum absolute atomic E-state index is 5.90. The summed E-state index contributed by atoms with van der Waals surface area (Å²) in [7, 11) is 1.60. The molecular formula is C15H16ClNO2. The highest BCUT2D eigenvalue weighted by Gasteiger charge is 2.04. The molecule has 4 heteroatoms. The highest BCUT2D eigenvalue weighted by Crippen LogP contribution is 2.25. The van der Waals surface area contributed by atoms with Gasteiger partial charge in [0.1, 0.15) is 18.1 Å². The molecule has 0 atom stereocenters. The van der Waals surface area contributed by atoms with Gasteiger partial charge in [0.15, 0.2) is 0 Å². The molecule has 0 spiro atoms. The molecule has 2 N–H and O–H groups in total. The van der Waals surface area contributed by atoms with Crippen LogP contribution in [0.2, 0.25) is 5.02 Å². The lowest BCUT2D eigenvalue weighted by atomic mass is 10.2. The van der Waals surface area contributed by atoms with E-state index in [1.54, 1.807) is 7.11 Å². The number of methoxy groups -OCH3 is 1. The molecule has 2 rings (SSSR count). The fourth-order valence-corrected chi connectivity index (χ4v) is 2.04. The SMILES string of the molecule is COc1ccc(COc2ccc(Cl)cc2C)cc1N. The van der Waals surface area contributed by atoms with Crippen LogP contribution in [0.4, 0.5) is 5.69 Å². The van der Waals surface area contributed by atoms with Crippen molar-refractivity contribution < 1.29 is 9.47 Å². The molecule has 2 aromatic carbocycles. The van der Waals surface area contributed by atoms with Crippen molar-refractivity contribution in [1.82, 2.24) is 0 Å². The van der Waals surface area contributed by atoms with E-state index < -0.39 is 0 Å². The number of halogens is 1. The third-order valence-corrected chi connectivity index (χ3v) is 3.06. The monoisotopic (exact) mass is 277 g/mol. The van der Waals surface area contributed by atoms with Crippen LogP contribution in [-0.4, -0.2) is 7.11 Å². The molecule has 0 unspecified atom stereocenters. The maximum Gasteiger partial charge on any atom is 0.141 e. The Balaban J connectivity index is 2.08. The lowest BCUT2D eigenvalue weighted by molar-refractivity contribution is 0.304. The molecule has 0 aliphatic heterocycles. The Morgan fingerprint density at radius 3 is 2.47 bits per heavy atom. The van der Waals surface area contributed by atoms with Gasteiger partial charge in [-0.3, -0.25) is 0 Å². The molecule has 0 heterocycles. The van der Waals surface area contributed by atoms with Gasteiger partial charge in [-0.25, -0.2) is 0 Å². The van der Waals surface area contributed by atoms with E-state index in [1.165, 1.54) is 0 Å². The van der Waals surface area contributed by atoms with Gasteiger partial charge in [-0.2, -0.15) is 0 Å². The second kappa shape index (κ2) is 5.85. The number of nitrogens with two attached hydrogens (primary N) is 1. The second-order valence-corrected chi connectivity index (χ2v) is 4.71. The van der Waals surface area contributed by atoms with Crippen molar-refractivity contribution in [3.05, 3.63) is 52.5 Å². The number of rotatable bonds is 4. The molecule has 0 aliphatic carbocycles. The van der Waals surface area contributed by atoms with E-state index in [0.29, 0.717) is 23.1 Å². The Morgan fingerprint density at radius 2 is 1.84 bits per heavy atom. The van der Waals surface area contributed by atoms with Gasteiger partial charge in [-0.05, 0) is 48.4 Å². The van der Waals surface area contributed by atoms with Crippen LogP contribution < -0.4 is 15.2 Å². The van der Waals surface area contributed by atoms with Crippen LogP contribution in [0, 0.1) is 6.92 Å². The van der Waals surface area contributed by atoms with E-state index in [1.807, 2.05) is 43.3 Å². The second-order valence-electron chi connectivity index (χ2n) is 4.27. The van der Waals surface area contributed by atoms with E-state index in [0.717, 1.165) is 16.9 Å². The molecule has 0 bridgehead atoms. The smallest absolute Gasteiger partial charge is 0.141 e. The van der Waals surface area contributed by atoms with Crippen LogP contribution in [0.1, 0.15) is 11.1 Å². The number of benzene rings is 2. The number of ether oxygens (including phenoxy) is 2. The van der Waals surface area contributed by atoms with Gasteiger partial charge >= 0.3 is 0 Å². The van der Waals surface area contributed by atoms with Gasteiger partial charge in [0, 0.05) is 5.02 Å². The molecule has 0 aliphatic rings. The average molecular weight is 278 g/mol. The topological polar surface area (TPSA) is 44.5 Å². The highest BCUT2D eigenvalue weighted by molar-refractivity contribution is 6.30. The first-order chi connectivity index (χ1) is 9.10. The highest BCUT2D eigenvalue weighted by atomic mass is 35.5. The van der Waals surface area contributed by atoms with Crippen molar-refractivity contribution in [3.8, 4) is 11.5 Å². The predicted octanol–water partition coefficient (Wildman–Crippen LogP) is 3.82. The molecule has 3 nitrogen and oxygen atoms in total. The summed E-state index contributed by atoms with van der Waals surface area (Å²) in [6, 6.07) is 11.2. The summed E-state index contributed by atoms with van der Waals surface area (Å²) in [6.45, 7) is 2.42.